The summed E-state index contributed by atoms with van der Waals surface area (Å²) in [6, 6.07) is 9.83. The predicted octanol–water partition coefficient (Wildman–Crippen LogP) is 2.25. The quantitative estimate of drug-likeness (QED) is 0.870. The summed E-state index contributed by atoms with van der Waals surface area (Å²) in [4.78, 5) is 16.3. The zero-order valence-corrected chi connectivity index (χ0v) is 14.4. The number of pyridine rings is 1. The molecule has 1 aromatic heterocycles. The predicted molar refractivity (Wildman–Crippen MR) is 94.5 cm³/mol. The molecule has 5 nitrogen and oxygen atoms in total. The van der Waals surface area contributed by atoms with Gasteiger partial charge in [-0.3, -0.25) is 9.78 Å². The van der Waals surface area contributed by atoms with E-state index in [4.69, 9.17) is 0 Å². The normalized spacial score (nSPS) is 15.7. The first-order chi connectivity index (χ1) is 11.6. The highest BCUT2D eigenvalue weighted by Gasteiger charge is 2.30. The van der Waals surface area contributed by atoms with Crippen LogP contribution >= 0.6 is 0 Å². The van der Waals surface area contributed by atoms with Gasteiger partial charge in [0.15, 0.2) is 9.84 Å². The molecular weight excluding hydrogens is 324 g/mol. The topological polar surface area (TPSA) is 76.1 Å². The monoisotopic (exact) mass is 346 g/mol. The van der Waals surface area contributed by atoms with Gasteiger partial charge in [-0.15, -0.1) is 0 Å². The van der Waals surface area contributed by atoms with E-state index < -0.39 is 21.5 Å². The van der Waals surface area contributed by atoms with E-state index >= 15 is 0 Å². The van der Waals surface area contributed by atoms with Crippen LogP contribution in [0.3, 0.4) is 0 Å². The molecule has 24 heavy (non-hydrogen) atoms. The Morgan fingerprint density at radius 2 is 1.92 bits per heavy atom. The Balaban J connectivity index is 1.55. The molecule has 0 saturated heterocycles. The van der Waals surface area contributed by atoms with Crippen LogP contribution in [-0.2, 0) is 21.1 Å². The SMILES string of the molecule is O=C(CS(=O)(=O)C1CCCC1)NCCc1cccc2cccnc12. The number of carbonyl (C=O) groups is 1. The number of amides is 1. The van der Waals surface area contributed by atoms with Crippen LogP contribution in [0.1, 0.15) is 31.2 Å². The largest absolute Gasteiger partial charge is 0.355 e. The number of nitrogens with zero attached hydrogens (tertiary/aromatic N) is 1. The molecule has 1 amide bonds. The number of hydrogen-bond acceptors (Lipinski definition) is 4. The van der Waals surface area contributed by atoms with E-state index in [9.17, 15) is 13.2 Å². The summed E-state index contributed by atoms with van der Waals surface area (Å²) in [5, 5.41) is 3.46. The van der Waals surface area contributed by atoms with Crippen LogP contribution in [0.15, 0.2) is 36.5 Å². The van der Waals surface area contributed by atoms with Gasteiger partial charge in [0.1, 0.15) is 5.75 Å². The number of sulfone groups is 1. The van der Waals surface area contributed by atoms with Gasteiger partial charge < -0.3 is 5.32 Å². The lowest BCUT2D eigenvalue weighted by Gasteiger charge is -2.11. The van der Waals surface area contributed by atoms with Crippen molar-refractivity contribution in [3.63, 3.8) is 0 Å². The smallest absolute Gasteiger partial charge is 0.235 e. The van der Waals surface area contributed by atoms with Crippen molar-refractivity contribution in [3.05, 3.63) is 42.1 Å². The van der Waals surface area contributed by atoms with Gasteiger partial charge in [0, 0.05) is 18.1 Å². The van der Waals surface area contributed by atoms with Crippen LogP contribution < -0.4 is 5.32 Å². The summed E-state index contributed by atoms with van der Waals surface area (Å²) >= 11 is 0. The molecule has 0 bridgehead atoms. The Labute approximate surface area is 142 Å². The van der Waals surface area contributed by atoms with Crippen LogP contribution in [-0.4, -0.2) is 36.9 Å². The van der Waals surface area contributed by atoms with Gasteiger partial charge in [-0.1, -0.05) is 37.1 Å². The Kier molecular flexibility index (Phi) is 5.14. The van der Waals surface area contributed by atoms with Gasteiger partial charge in [0.25, 0.3) is 0 Å². The molecule has 128 valence electrons. The van der Waals surface area contributed by atoms with Gasteiger partial charge in [0.2, 0.25) is 5.91 Å². The highest BCUT2D eigenvalue weighted by Crippen LogP contribution is 2.25. The zero-order valence-electron chi connectivity index (χ0n) is 13.6. The van der Waals surface area contributed by atoms with E-state index in [0.717, 1.165) is 29.3 Å². The number of hydrogen-bond donors (Lipinski definition) is 1. The molecule has 1 aromatic carbocycles. The number of benzene rings is 1. The fourth-order valence-corrected chi connectivity index (χ4v) is 5.06. The Morgan fingerprint density at radius 1 is 1.17 bits per heavy atom. The standard InChI is InChI=1S/C18H22N2O3S/c21-17(13-24(22,23)16-8-1-2-9-16)19-12-10-15-6-3-5-14-7-4-11-20-18(14)15/h3-7,11,16H,1-2,8-10,12-13H2,(H,19,21). The van der Waals surface area contributed by atoms with E-state index in [-0.39, 0.29) is 5.25 Å². The second-order valence-electron chi connectivity index (χ2n) is 6.31. The molecule has 0 spiro atoms. The molecule has 1 fully saturated rings. The van der Waals surface area contributed by atoms with Crippen molar-refractivity contribution in [2.75, 3.05) is 12.3 Å². The Morgan fingerprint density at radius 3 is 2.71 bits per heavy atom. The van der Waals surface area contributed by atoms with Crippen molar-refractivity contribution in [2.24, 2.45) is 0 Å². The number of fused-ring (bicyclic) bond motifs is 1. The van der Waals surface area contributed by atoms with Crippen molar-refractivity contribution in [2.45, 2.75) is 37.4 Å². The number of nitrogens with one attached hydrogen (secondary N) is 1. The molecule has 0 atom stereocenters. The van der Waals surface area contributed by atoms with Crippen LogP contribution in [0, 0.1) is 0 Å². The molecule has 0 radical (unpaired) electrons. The van der Waals surface area contributed by atoms with Crippen molar-refractivity contribution in [3.8, 4) is 0 Å². The zero-order chi connectivity index (χ0) is 17.0. The minimum absolute atomic E-state index is 0.328. The van der Waals surface area contributed by atoms with E-state index in [1.54, 1.807) is 6.20 Å². The average Bonchev–Trinajstić information content (AvgIpc) is 3.10. The number of para-hydroxylation sites is 1. The fourth-order valence-electron chi connectivity index (χ4n) is 3.30. The summed E-state index contributed by atoms with van der Waals surface area (Å²) in [7, 11) is -3.31. The van der Waals surface area contributed by atoms with Crippen molar-refractivity contribution < 1.29 is 13.2 Å². The lowest BCUT2D eigenvalue weighted by Crippen LogP contribution is -2.35. The van der Waals surface area contributed by atoms with E-state index in [1.807, 2.05) is 30.3 Å². The van der Waals surface area contributed by atoms with Gasteiger partial charge in [-0.2, -0.15) is 0 Å². The molecule has 1 aliphatic carbocycles. The lowest BCUT2D eigenvalue weighted by molar-refractivity contribution is -0.118. The van der Waals surface area contributed by atoms with Gasteiger partial charge in [0.05, 0.1) is 10.8 Å². The van der Waals surface area contributed by atoms with Crippen molar-refractivity contribution >= 4 is 26.6 Å². The van der Waals surface area contributed by atoms with Crippen LogP contribution in [0.4, 0.5) is 0 Å². The molecule has 0 unspecified atom stereocenters. The van der Waals surface area contributed by atoms with Crippen LogP contribution in [0.25, 0.3) is 10.9 Å². The molecule has 1 N–H and O–H groups in total. The molecule has 2 aromatic rings. The van der Waals surface area contributed by atoms with E-state index in [0.29, 0.717) is 25.8 Å². The van der Waals surface area contributed by atoms with Gasteiger partial charge >= 0.3 is 0 Å². The van der Waals surface area contributed by atoms with Crippen LogP contribution in [0.5, 0.6) is 0 Å². The number of rotatable bonds is 6. The van der Waals surface area contributed by atoms with E-state index in [1.165, 1.54) is 0 Å². The fraction of sp³-hybridized carbons (Fsp3) is 0.444. The van der Waals surface area contributed by atoms with Crippen molar-refractivity contribution in [1.29, 1.82) is 0 Å². The molecule has 1 heterocycles. The summed E-state index contributed by atoms with van der Waals surface area (Å²) in [6.07, 6.45) is 5.65. The summed E-state index contributed by atoms with van der Waals surface area (Å²) < 4.78 is 24.4. The third kappa shape index (κ3) is 3.93. The Bertz CT molecular complexity index is 822. The first-order valence-corrected chi connectivity index (χ1v) is 10.1. The van der Waals surface area contributed by atoms with Crippen molar-refractivity contribution in [1.82, 2.24) is 10.3 Å². The number of carbonyl (C=O) groups excluding carboxylic acids is 1. The second kappa shape index (κ2) is 7.30. The van der Waals surface area contributed by atoms with Gasteiger partial charge in [-0.05, 0) is 30.9 Å². The summed E-state index contributed by atoms with van der Waals surface area (Å²) in [5.74, 6) is -0.805. The molecule has 1 aliphatic rings. The van der Waals surface area contributed by atoms with Gasteiger partial charge in [-0.25, -0.2) is 8.42 Å². The minimum atomic E-state index is -3.31. The Hall–Kier alpha value is -1.95. The van der Waals surface area contributed by atoms with E-state index in [2.05, 4.69) is 10.3 Å². The minimum Gasteiger partial charge on any atom is -0.355 e. The third-order valence-electron chi connectivity index (χ3n) is 4.58. The van der Waals surface area contributed by atoms with Crippen LogP contribution in [0.2, 0.25) is 0 Å². The third-order valence-corrected chi connectivity index (χ3v) is 6.73. The highest BCUT2D eigenvalue weighted by molar-refractivity contribution is 7.92. The molecule has 0 aliphatic heterocycles. The maximum absolute atomic E-state index is 12.2. The number of aromatic nitrogens is 1. The molecule has 3 rings (SSSR count). The molecule has 1 saturated carbocycles. The molecule has 6 heteroatoms. The summed E-state index contributed by atoms with van der Waals surface area (Å²) in [6.45, 7) is 0.411. The first kappa shape index (κ1) is 16.9. The summed E-state index contributed by atoms with van der Waals surface area (Å²) in [5.41, 5.74) is 1.97. The second-order valence-corrected chi connectivity index (χ2v) is 8.59. The molecular formula is C18H22N2O3S. The average molecular weight is 346 g/mol. The first-order valence-electron chi connectivity index (χ1n) is 8.37. The maximum atomic E-state index is 12.2. The highest BCUT2D eigenvalue weighted by atomic mass is 32.2. The lowest BCUT2D eigenvalue weighted by atomic mass is 10.1. The maximum Gasteiger partial charge on any atom is 0.235 e.